The monoisotopic (exact) mass is 241 g/mol. The number of hydrogen-bond acceptors (Lipinski definition) is 4. The lowest BCUT2D eigenvalue weighted by molar-refractivity contribution is -0.134. The van der Waals surface area contributed by atoms with E-state index in [4.69, 9.17) is 16.6 Å². The van der Waals surface area contributed by atoms with E-state index in [1.807, 2.05) is 0 Å². The van der Waals surface area contributed by atoms with Crippen molar-refractivity contribution < 1.29 is 18.6 Å². The third-order valence-corrected chi connectivity index (χ3v) is 2.35. The van der Waals surface area contributed by atoms with Gasteiger partial charge >= 0.3 is 5.97 Å². The van der Waals surface area contributed by atoms with Gasteiger partial charge in [-0.05, 0) is 12.1 Å². The minimum Gasteiger partial charge on any atom is -0.482 e. The Balaban J connectivity index is 2.29. The summed E-state index contributed by atoms with van der Waals surface area (Å²) in [6.45, 7) is -0.310. The molecule has 6 heteroatoms. The van der Waals surface area contributed by atoms with Crippen molar-refractivity contribution in [2.75, 3.05) is 18.1 Å². The summed E-state index contributed by atoms with van der Waals surface area (Å²) in [5.41, 5.74) is 0.542. The lowest BCUT2D eigenvalue weighted by atomic mass is 10.2. The molecule has 0 atom stereocenters. The number of halogens is 1. The molecule has 0 radical (unpaired) electrons. The Morgan fingerprint density at radius 2 is 2.25 bits per heavy atom. The molecule has 0 N–H and O–H groups in total. The zero-order valence-corrected chi connectivity index (χ0v) is 8.94. The Morgan fingerprint density at radius 3 is 3.00 bits per heavy atom. The van der Waals surface area contributed by atoms with Gasteiger partial charge in [0.2, 0.25) is 0 Å². The summed E-state index contributed by atoms with van der Waals surface area (Å²) in [5, 5.41) is 0. The summed E-state index contributed by atoms with van der Waals surface area (Å²) in [5.74, 6) is -0.433. The van der Waals surface area contributed by atoms with Crippen LogP contribution in [0.3, 0.4) is 0 Å². The minimum absolute atomic E-state index is 0.0907. The largest absolute Gasteiger partial charge is 0.482 e. The molecular weight excluding hydrogens is 234 g/mol. The number of carbonyl (C=O) groups is 2. The summed E-state index contributed by atoms with van der Waals surface area (Å²) in [4.78, 5) is 23.9. The number of benzene rings is 1. The highest BCUT2D eigenvalue weighted by Crippen LogP contribution is 2.31. The summed E-state index contributed by atoms with van der Waals surface area (Å²) in [7, 11) is 0. The van der Waals surface area contributed by atoms with Crippen molar-refractivity contribution in [1.82, 2.24) is 0 Å². The van der Waals surface area contributed by atoms with Crippen LogP contribution in [0, 0.1) is 0 Å². The normalized spacial score (nSPS) is 14.1. The SMILES string of the molecule is O=C(CN1C(=O)COc2ccccc21)OCl. The van der Waals surface area contributed by atoms with Crippen molar-refractivity contribution in [2.45, 2.75) is 0 Å². The van der Waals surface area contributed by atoms with E-state index in [0.717, 1.165) is 0 Å². The molecule has 2 rings (SSSR count). The predicted octanol–water partition coefficient (Wildman–Crippen LogP) is 1.11. The number of hydrogen-bond donors (Lipinski definition) is 0. The molecule has 0 aromatic heterocycles. The van der Waals surface area contributed by atoms with Crippen LogP contribution in [0.15, 0.2) is 24.3 Å². The zero-order chi connectivity index (χ0) is 11.5. The van der Waals surface area contributed by atoms with Gasteiger partial charge in [-0.15, -0.1) is 0 Å². The number of amides is 1. The summed E-state index contributed by atoms with van der Waals surface area (Å²) < 4.78 is 9.22. The second-order valence-electron chi connectivity index (χ2n) is 3.19. The Bertz CT molecular complexity index is 435. The summed E-state index contributed by atoms with van der Waals surface area (Å²) >= 11 is 4.93. The van der Waals surface area contributed by atoms with Gasteiger partial charge in [-0.1, -0.05) is 12.1 Å². The van der Waals surface area contributed by atoms with Crippen LogP contribution in [-0.2, 0) is 13.9 Å². The lowest BCUT2D eigenvalue weighted by Gasteiger charge is -2.27. The minimum atomic E-state index is -0.688. The molecule has 1 aliphatic heterocycles. The van der Waals surface area contributed by atoms with Crippen molar-refractivity contribution in [2.24, 2.45) is 0 Å². The number of nitrogens with zero attached hydrogens (tertiary/aromatic N) is 1. The van der Waals surface area contributed by atoms with E-state index in [-0.39, 0.29) is 19.1 Å². The first-order chi connectivity index (χ1) is 7.72. The van der Waals surface area contributed by atoms with Crippen molar-refractivity contribution in [3.05, 3.63) is 24.3 Å². The predicted molar refractivity (Wildman–Crippen MR) is 56.2 cm³/mol. The number of rotatable bonds is 2. The van der Waals surface area contributed by atoms with Gasteiger partial charge in [0, 0.05) is 0 Å². The highest BCUT2D eigenvalue weighted by molar-refractivity contribution is 6.14. The van der Waals surface area contributed by atoms with Crippen LogP contribution in [0.2, 0.25) is 0 Å². The molecule has 0 saturated carbocycles. The molecule has 1 aromatic rings. The quantitative estimate of drug-likeness (QED) is 0.778. The van der Waals surface area contributed by atoms with E-state index in [9.17, 15) is 9.59 Å². The third kappa shape index (κ3) is 1.94. The fourth-order valence-electron chi connectivity index (χ4n) is 1.48. The number of para-hydroxylation sites is 2. The van der Waals surface area contributed by atoms with Gasteiger partial charge < -0.3 is 9.03 Å². The van der Waals surface area contributed by atoms with E-state index < -0.39 is 5.97 Å². The van der Waals surface area contributed by atoms with Crippen LogP contribution in [0.4, 0.5) is 5.69 Å². The van der Waals surface area contributed by atoms with Crippen molar-refractivity contribution in [3.63, 3.8) is 0 Å². The van der Waals surface area contributed by atoms with Crippen LogP contribution in [0.25, 0.3) is 0 Å². The fourth-order valence-corrected chi connectivity index (χ4v) is 1.53. The Hall–Kier alpha value is -1.75. The second kappa shape index (κ2) is 4.40. The molecule has 0 fully saturated rings. The Kier molecular flexibility index (Phi) is 2.96. The Morgan fingerprint density at radius 1 is 1.50 bits per heavy atom. The van der Waals surface area contributed by atoms with Crippen LogP contribution in [-0.4, -0.2) is 25.0 Å². The van der Waals surface area contributed by atoms with Gasteiger partial charge in [0.05, 0.1) is 5.69 Å². The number of carbonyl (C=O) groups excluding carboxylic acids is 2. The van der Waals surface area contributed by atoms with E-state index >= 15 is 0 Å². The first-order valence-electron chi connectivity index (χ1n) is 4.56. The van der Waals surface area contributed by atoms with E-state index in [1.54, 1.807) is 24.3 Å². The maximum Gasteiger partial charge on any atom is 0.344 e. The number of anilines is 1. The highest BCUT2D eigenvalue weighted by Gasteiger charge is 2.27. The highest BCUT2D eigenvalue weighted by atomic mass is 35.5. The van der Waals surface area contributed by atoms with Crippen LogP contribution in [0.1, 0.15) is 0 Å². The molecule has 5 nitrogen and oxygen atoms in total. The molecule has 0 unspecified atom stereocenters. The molecule has 0 bridgehead atoms. The average Bonchev–Trinajstić information content (AvgIpc) is 2.32. The van der Waals surface area contributed by atoms with Crippen LogP contribution < -0.4 is 9.64 Å². The van der Waals surface area contributed by atoms with Crippen molar-refractivity contribution in [1.29, 1.82) is 0 Å². The van der Waals surface area contributed by atoms with Crippen LogP contribution in [0.5, 0.6) is 5.75 Å². The molecule has 0 saturated heterocycles. The lowest BCUT2D eigenvalue weighted by Crippen LogP contribution is -2.42. The van der Waals surface area contributed by atoms with Gasteiger partial charge in [0.25, 0.3) is 5.91 Å². The molecule has 1 amide bonds. The molecule has 1 heterocycles. The molecule has 16 heavy (non-hydrogen) atoms. The van der Waals surface area contributed by atoms with Crippen LogP contribution >= 0.6 is 11.9 Å². The first kappa shape index (κ1) is 10.8. The second-order valence-corrected chi connectivity index (χ2v) is 3.34. The van der Waals surface area contributed by atoms with E-state index in [2.05, 4.69) is 4.29 Å². The average molecular weight is 242 g/mol. The number of ether oxygens (including phenoxy) is 1. The van der Waals surface area contributed by atoms with Gasteiger partial charge in [-0.3, -0.25) is 9.69 Å². The van der Waals surface area contributed by atoms with E-state index in [1.165, 1.54) is 4.90 Å². The Labute approximate surface area is 96.7 Å². The smallest absolute Gasteiger partial charge is 0.344 e. The summed E-state index contributed by atoms with van der Waals surface area (Å²) in [6, 6.07) is 6.95. The molecule has 0 aliphatic carbocycles. The van der Waals surface area contributed by atoms with Gasteiger partial charge in [-0.25, -0.2) is 4.79 Å². The van der Waals surface area contributed by atoms with Gasteiger partial charge in [0.15, 0.2) is 6.61 Å². The molecule has 0 spiro atoms. The first-order valence-corrected chi connectivity index (χ1v) is 4.87. The number of fused-ring (bicyclic) bond motifs is 1. The molecular formula is C10H8ClNO4. The van der Waals surface area contributed by atoms with Gasteiger partial charge in [0.1, 0.15) is 24.2 Å². The molecule has 84 valence electrons. The molecule has 1 aliphatic rings. The third-order valence-electron chi connectivity index (χ3n) is 2.18. The fraction of sp³-hybridized carbons (Fsp3) is 0.200. The standard InChI is InChI=1S/C10H8ClNO4/c11-16-10(14)5-12-7-3-1-2-4-8(7)15-6-9(12)13/h1-4H,5-6H2. The van der Waals surface area contributed by atoms with E-state index in [0.29, 0.717) is 11.4 Å². The maximum absolute atomic E-state index is 11.6. The van der Waals surface area contributed by atoms with Crippen molar-refractivity contribution in [3.8, 4) is 5.75 Å². The topological polar surface area (TPSA) is 55.8 Å². The van der Waals surface area contributed by atoms with Gasteiger partial charge in [-0.2, -0.15) is 0 Å². The maximum atomic E-state index is 11.6. The zero-order valence-electron chi connectivity index (χ0n) is 8.18. The molecule has 1 aromatic carbocycles. The summed E-state index contributed by atoms with van der Waals surface area (Å²) in [6.07, 6.45) is 0. The van der Waals surface area contributed by atoms with Crippen molar-refractivity contribution >= 4 is 29.4 Å².